The Kier molecular flexibility index (Phi) is 7.53. The molecule has 4 aromatic rings. The highest BCUT2D eigenvalue weighted by Crippen LogP contribution is 2.30. The van der Waals surface area contributed by atoms with Gasteiger partial charge < -0.3 is 18.8 Å². The Bertz CT molecular complexity index is 1270. The summed E-state index contributed by atoms with van der Waals surface area (Å²) in [5.41, 5.74) is 5.56. The highest BCUT2D eigenvalue weighted by molar-refractivity contribution is 5.75. The van der Waals surface area contributed by atoms with Crippen LogP contribution in [0.2, 0.25) is 0 Å². The molecule has 0 aliphatic rings. The molecule has 34 heavy (non-hydrogen) atoms. The number of ether oxygens (including phenoxy) is 3. The van der Waals surface area contributed by atoms with E-state index in [-0.39, 0.29) is 0 Å². The molecule has 0 saturated heterocycles. The molecule has 4 rings (SSSR count). The molecule has 0 aliphatic heterocycles. The lowest BCUT2D eigenvalue weighted by Crippen LogP contribution is -2.10. The van der Waals surface area contributed by atoms with Crippen molar-refractivity contribution in [3.8, 4) is 17.2 Å². The maximum atomic E-state index is 6.16. The summed E-state index contributed by atoms with van der Waals surface area (Å²) in [5, 5.41) is 0. The lowest BCUT2D eigenvalue weighted by atomic mass is 10.1. The van der Waals surface area contributed by atoms with Crippen LogP contribution in [0.3, 0.4) is 0 Å². The standard InChI is InChI=1S/C29H32N2O3/c1-5-9-23-12-13-27(28(19-23)32-4)34-20-29-30-25-10-6-7-11-26(25)31(29)14-8-15-33-24-17-21(2)16-22(3)18-24/h5-7,9-13,16-19H,8,14-15,20H2,1-4H3/b9-5-. The smallest absolute Gasteiger partial charge is 0.161 e. The number of imidazole rings is 1. The first-order valence-corrected chi connectivity index (χ1v) is 11.7. The van der Waals surface area contributed by atoms with E-state index in [9.17, 15) is 0 Å². The SMILES string of the molecule is C/C=C\c1ccc(OCc2nc3ccccc3n2CCCOc2cc(C)cc(C)c2)c(OC)c1. The van der Waals surface area contributed by atoms with E-state index in [2.05, 4.69) is 42.7 Å². The van der Waals surface area contributed by atoms with Gasteiger partial charge in [0.2, 0.25) is 0 Å². The van der Waals surface area contributed by atoms with Crippen molar-refractivity contribution in [3.63, 3.8) is 0 Å². The minimum atomic E-state index is 0.353. The second kappa shape index (κ2) is 10.9. The molecule has 0 aliphatic carbocycles. The Morgan fingerprint density at radius 3 is 2.47 bits per heavy atom. The van der Waals surface area contributed by atoms with Crippen LogP contribution in [-0.2, 0) is 13.2 Å². The van der Waals surface area contributed by atoms with Crippen LogP contribution < -0.4 is 14.2 Å². The number of aryl methyl sites for hydroxylation is 3. The molecular weight excluding hydrogens is 424 g/mol. The van der Waals surface area contributed by atoms with Gasteiger partial charge in [0.05, 0.1) is 24.8 Å². The van der Waals surface area contributed by atoms with Crippen molar-refractivity contribution in [3.05, 3.63) is 89.3 Å². The number of hydrogen-bond donors (Lipinski definition) is 0. The Morgan fingerprint density at radius 2 is 1.71 bits per heavy atom. The minimum Gasteiger partial charge on any atom is -0.494 e. The van der Waals surface area contributed by atoms with Gasteiger partial charge in [-0.3, -0.25) is 0 Å². The molecule has 0 amide bonds. The summed E-state index contributed by atoms with van der Waals surface area (Å²) in [4.78, 5) is 4.84. The Morgan fingerprint density at radius 1 is 0.912 bits per heavy atom. The number of hydrogen-bond acceptors (Lipinski definition) is 4. The van der Waals surface area contributed by atoms with Crippen LogP contribution in [0.15, 0.2) is 66.7 Å². The van der Waals surface area contributed by atoms with Crippen molar-refractivity contribution in [2.45, 2.75) is 40.3 Å². The van der Waals surface area contributed by atoms with Gasteiger partial charge in [0.25, 0.3) is 0 Å². The lowest BCUT2D eigenvalue weighted by molar-refractivity contribution is 0.267. The molecular formula is C29H32N2O3. The molecule has 0 radical (unpaired) electrons. The molecule has 176 valence electrons. The Labute approximate surface area is 201 Å². The second-order valence-electron chi connectivity index (χ2n) is 8.39. The van der Waals surface area contributed by atoms with Gasteiger partial charge in [-0.15, -0.1) is 0 Å². The van der Waals surface area contributed by atoms with Crippen molar-refractivity contribution in [2.75, 3.05) is 13.7 Å². The number of nitrogens with zero attached hydrogens (tertiary/aromatic N) is 2. The number of methoxy groups -OCH3 is 1. The number of benzene rings is 3. The molecule has 1 heterocycles. The molecule has 0 fully saturated rings. The fourth-order valence-corrected chi connectivity index (χ4v) is 4.16. The van der Waals surface area contributed by atoms with Gasteiger partial charge in [-0.05, 0) is 80.3 Å². The topological polar surface area (TPSA) is 45.5 Å². The summed E-state index contributed by atoms with van der Waals surface area (Å²) in [6, 6.07) is 20.4. The predicted octanol–water partition coefficient (Wildman–Crippen LogP) is 6.74. The van der Waals surface area contributed by atoms with Crippen LogP contribution in [0.4, 0.5) is 0 Å². The van der Waals surface area contributed by atoms with Crippen molar-refractivity contribution in [1.82, 2.24) is 9.55 Å². The summed E-state index contributed by atoms with van der Waals surface area (Å²) in [6.45, 7) is 7.96. The first kappa shape index (κ1) is 23.4. The third-order valence-corrected chi connectivity index (χ3v) is 5.63. The van der Waals surface area contributed by atoms with Gasteiger partial charge in [0.1, 0.15) is 18.2 Å². The molecule has 0 bridgehead atoms. The van der Waals surface area contributed by atoms with E-state index < -0.39 is 0 Å². The fourth-order valence-electron chi connectivity index (χ4n) is 4.16. The summed E-state index contributed by atoms with van der Waals surface area (Å²) >= 11 is 0. The lowest BCUT2D eigenvalue weighted by Gasteiger charge is -2.13. The van der Waals surface area contributed by atoms with E-state index in [1.54, 1.807) is 7.11 Å². The van der Waals surface area contributed by atoms with Crippen molar-refractivity contribution in [2.24, 2.45) is 0 Å². The van der Waals surface area contributed by atoms with E-state index in [0.717, 1.165) is 41.1 Å². The van der Waals surface area contributed by atoms with Gasteiger partial charge in [-0.1, -0.05) is 36.4 Å². The predicted molar refractivity (Wildman–Crippen MR) is 138 cm³/mol. The molecule has 0 atom stereocenters. The zero-order chi connectivity index (χ0) is 23.9. The average Bonchev–Trinajstić information content (AvgIpc) is 3.18. The number of aromatic nitrogens is 2. The molecule has 0 N–H and O–H groups in total. The van der Waals surface area contributed by atoms with E-state index in [4.69, 9.17) is 19.2 Å². The summed E-state index contributed by atoms with van der Waals surface area (Å²) in [6.07, 6.45) is 4.90. The van der Waals surface area contributed by atoms with Crippen molar-refractivity contribution >= 4 is 17.1 Å². The fraction of sp³-hybridized carbons (Fsp3) is 0.276. The molecule has 0 unspecified atom stereocenters. The quantitative estimate of drug-likeness (QED) is 0.248. The third kappa shape index (κ3) is 5.60. The van der Waals surface area contributed by atoms with Crippen molar-refractivity contribution < 1.29 is 14.2 Å². The summed E-state index contributed by atoms with van der Waals surface area (Å²) < 4.78 is 19.9. The molecule has 5 nitrogen and oxygen atoms in total. The van der Waals surface area contributed by atoms with Crippen LogP contribution in [0.25, 0.3) is 17.1 Å². The first-order valence-electron chi connectivity index (χ1n) is 11.7. The minimum absolute atomic E-state index is 0.353. The first-order chi connectivity index (χ1) is 16.6. The molecule has 1 aromatic heterocycles. The normalized spacial score (nSPS) is 11.3. The highest BCUT2D eigenvalue weighted by Gasteiger charge is 2.13. The third-order valence-electron chi connectivity index (χ3n) is 5.63. The molecule has 0 saturated carbocycles. The van der Waals surface area contributed by atoms with E-state index in [0.29, 0.717) is 24.7 Å². The summed E-state index contributed by atoms with van der Waals surface area (Å²) in [5.74, 6) is 3.21. The van der Waals surface area contributed by atoms with Gasteiger partial charge in [0, 0.05) is 6.54 Å². The van der Waals surface area contributed by atoms with Crippen LogP contribution in [0.5, 0.6) is 17.2 Å². The molecule has 0 spiro atoms. The van der Waals surface area contributed by atoms with E-state index in [1.165, 1.54) is 11.1 Å². The number of rotatable bonds is 10. The van der Waals surface area contributed by atoms with Gasteiger partial charge in [-0.25, -0.2) is 4.98 Å². The number of allylic oxidation sites excluding steroid dienone is 1. The number of para-hydroxylation sites is 2. The number of fused-ring (bicyclic) bond motifs is 1. The highest BCUT2D eigenvalue weighted by atomic mass is 16.5. The van der Waals surface area contributed by atoms with E-state index >= 15 is 0 Å². The zero-order valence-electron chi connectivity index (χ0n) is 20.4. The van der Waals surface area contributed by atoms with Crippen molar-refractivity contribution in [1.29, 1.82) is 0 Å². The molecule has 3 aromatic carbocycles. The summed E-state index contributed by atoms with van der Waals surface area (Å²) in [7, 11) is 1.66. The van der Waals surface area contributed by atoms with Gasteiger partial charge in [0.15, 0.2) is 11.5 Å². The maximum Gasteiger partial charge on any atom is 0.161 e. The molecule has 5 heteroatoms. The Hall–Kier alpha value is -3.73. The second-order valence-corrected chi connectivity index (χ2v) is 8.39. The van der Waals surface area contributed by atoms with Crippen LogP contribution in [0, 0.1) is 13.8 Å². The van der Waals surface area contributed by atoms with Crippen LogP contribution in [0.1, 0.15) is 35.9 Å². The van der Waals surface area contributed by atoms with Crippen LogP contribution >= 0.6 is 0 Å². The van der Waals surface area contributed by atoms with Gasteiger partial charge >= 0.3 is 0 Å². The van der Waals surface area contributed by atoms with E-state index in [1.807, 2.05) is 55.5 Å². The Balaban J connectivity index is 1.47. The van der Waals surface area contributed by atoms with Crippen LogP contribution in [-0.4, -0.2) is 23.3 Å². The maximum absolute atomic E-state index is 6.16. The average molecular weight is 457 g/mol. The largest absolute Gasteiger partial charge is 0.494 e. The zero-order valence-corrected chi connectivity index (χ0v) is 20.4. The monoisotopic (exact) mass is 456 g/mol. The van der Waals surface area contributed by atoms with Gasteiger partial charge in [-0.2, -0.15) is 0 Å².